The molecule has 0 aliphatic carbocycles. The van der Waals surface area contributed by atoms with E-state index in [1.54, 1.807) is 0 Å². The van der Waals surface area contributed by atoms with Crippen LogP contribution in [0.2, 0.25) is 0 Å². The maximum atomic E-state index is 10.1. The Hall–Kier alpha value is -0.610. The standard InChI is InChI=1S/C9H20N2O2/c10-8(11)6-4-2-1-3-5-7-9(12)13/h8H,1-7,10-11H2,(H,12,13). The summed E-state index contributed by atoms with van der Waals surface area (Å²) in [4.78, 5) is 10.1. The van der Waals surface area contributed by atoms with Gasteiger partial charge in [0, 0.05) is 6.42 Å². The summed E-state index contributed by atoms with van der Waals surface area (Å²) in [7, 11) is 0. The molecule has 0 aliphatic rings. The number of nitrogens with two attached hydrogens (primary N) is 2. The molecule has 0 fully saturated rings. The Kier molecular flexibility index (Phi) is 7.63. The van der Waals surface area contributed by atoms with E-state index in [9.17, 15) is 4.79 Å². The van der Waals surface area contributed by atoms with Crippen LogP contribution in [0.5, 0.6) is 0 Å². The second kappa shape index (κ2) is 8.01. The number of aliphatic carboxylic acids is 1. The quantitative estimate of drug-likeness (QED) is 0.392. The zero-order chi connectivity index (χ0) is 10.1. The molecule has 0 rings (SSSR count). The molecule has 0 spiro atoms. The van der Waals surface area contributed by atoms with Crippen molar-refractivity contribution in [3.05, 3.63) is 0 Å². The minimum Gasteiger partial charge on any atom is -0.481 e. The summed E-state index contributed by atoms with van der Waals surface area (Å²) in [6.45, 7) is 0. The molecule has 0 aromatic carbocycles. The van der Waals surface area contributed by atoms with Crippen molar-refractivity contribution in [3.8, 4) is 0 Å². The number of carboxylic acids is 1. The number of hydrogen-bond donors (Lipinski definition) is 3. The molecular weight excluding hydrogens is 168 g/mol. The minimum absolute atomic E-state index is 0.195. The summed E-state index contributed by atoms with van der Waals surface area (Å²) >= 11 is 0. The molecule has 0 saturated heterocycles. The van der Waals surface area contributed by atoms with Gasteiger partial charge in [-0.3, -0.25) is 4.79 Å². The van der Waals surface area contributed by atoms with Crippen LogP contribution in [0.1, 0.15) is 44.9 Å². The third kappa shape index (κ3) is 11.4. The van der Waals surface area contributed by atoms with Crippen molar-refractivity contribution in [2.24, 2.45) is 11.5 Å². The Morgan fingerprint density at radius 2 is 1.62 bits per heavy atom. The summed E-state index contributed by atoms with van der Waals surface area (Å²) in [5.41, 5.74) is 10.7. The summed E-state index contributed by atoms with van der Waals surface area (Å²) in [5.74, 6) is -0.705. The molecule has 0 aromatic heterocycles. The molecular formula is C9H20N2O2. The van der Waals surface area contributed by atoms with Crippen molar-refractivity contribution < 1.29 is 9.90 Å². The van der Waals surface area contributed by atoms with Crippen molar-refractivity contribution in [3.63, 3.8) is 0 Å². The molecule has 0 bridgehead atoms. The Labute approximate surface area is 79.3 Å². The molecule has 78 valence electrons. The lowest BCUT2D eigenvalue weighted by molar-refractivity contribution is -0.137. The van der Waals surface area contributed by atoms with Gasteiger partial charge in [-0.25, -0.2) is 0 Å². The van der Waals surface area contributed by atoms with Gasteiger partial charge in [0.2, 0.25) is 0 Å². The first-order valence-corrected chi connectivity index (χ1v) is 4.86. The van der Waals surface area contributed by atoms with Gasteiger partial charge in [0.05, 0.1) is 6.17 Å². The third-order valence-corrected chi connectivity index (χ3v) is 1.93. The highest BCUT2D eigenvalue weighted by Crippen LogP contribution is 2.07. The monoisotopic (exact) mass is 188 g/mol. The van der Waals surface area contributed by atoms with E-state index in [1.807, 2.05) is 0 Å². The highest BCUT2D eigenvalue weighted by molar-refractivity contribution is 5.66. The lowest BCUT2D eigenvalue weighted by Crippen LogP contribution is -2.29. The van der Waals surface area contributed by atoms with E-state index in [2.05, 4.69) is 0 Å². The number of carbonyl (C=O) groups is 1. The van der Waals surface area contributed by atoms with Gasteiger partial charge in [-0.1, -0.05) is 25.7 Å². The van der Waals surface area contributed by atoms with Gasteiger partial charge in [0.25, 0.3) is 0 Å². The SMILES string of the molecule is NC(N)CCCCCCCC(=O)O. The van der Waals surface area contributed by atoms with Crippen LogP contribution >= 0.6 is 0 Å². The molecule has 0 aromatic rings. The summed E-state index contributed by atoms with van der Waals surface area (Å²) < 4.78 is 0. The number of hydrogen-bond acceptors (Lipinski definition) is 3. The van der Waals surface area contributed by atoms with E-state index in [-0.39, 0.29) is 12.6 Å². The fourth-order valence-electron chi connectivity index (χ4n) is 1.19. The number of rotatable bonds is 8. The van der Waals surface area contributed by atoms with E-state index in [4.69, 9.17) is 16.6 Å². The van der Waals surface area contributed by atoms with E-state index in [0.29, 0.717) is 0 Å². The van der Waals surface area contributed by atoms with Crippen molar-refractivity contribution >= 4 is 5.97 Å². The Morgan fingerprint density at radius 3 is 2.15 bits per heavy atom. The fraction of sp³-hybridized carbons (Fsp3) is 0.889. The van der Waals surface area contributed by atoms with Crippen molar-refractivity contribution in [2.75, 3.05) is 0 Å². The molecule has 0 heterocycles. The van der Waals surface area contributed by atoms with E-state index in [0.717, 1.165) is 38.5 Å². The molecule has 0 amide bonds. The minimum atomic E-state index is -0.705. The topological polar surface area (TPSA) is 89.3 Å². The first-order valence-electron chi connectivity index (χ1n) is 4.86. The lowest BCUT2D eigenvalue weighted by Gasteiger charge is -2.03. The van der Waals surface area contributed by atoms with Crippen molar-refractivity contribution in [2.45, 2.75) is 51.1 Å². The molecule has 0 unspecified atom stereocenters. The molecule has 4 nitrogen and oxygen atoms in total. The fourth-order valence-corrected chi connectivity index (χ4v) is 1.19. The summed E-state index contributed by atoms with van der Waals surface area (Å²) in [5, 5.41) is 8.36. The zero-order valence-corrected chi connectivity index (χ0v) is 8.04. The van der Waals surface area contributed by atoms with Gasteiger partial charge >= 0.3 is 5.97 Å². The van der Waals surface area contributed by atoms with Crippen LogP contribution in [0.4, 0.5) is 0 Å². The Bertz CT molecular complexity index is 138. The second-order valence-electron chi connectivity index (χ2n) is 3.36. The lowest BCUT2D eigenvalue weighted by atomic mass is 10.1. The molecule has 4 heteroatoms. The van der Waals surface area contributed by atoms with Crippen LogP contribution in [0.25, 0.3) is 0 Å². The average Bonchev–Trinajstić information content (AvgIpc) is 2.01. The van der Waals surface area contributed by atoms with Gasteiger partial charge in [-0.15, -0.1) is 0 Å². The maximum absolute atomic E-state index is 10.1. The van der Waals surface area contributed by atoms with Gasteiger partial charge in [-0.2, -0.15) is 0 Å². The molecule has 0 aliphatic heterocycles. The summed E-state index contributed by atoms with van der Waals surface area (Å²) in [6.07, 6.45) is 5.96. The largest absolute Gasteiger partial charge is 0.481 e. The predicted octanol–water partition coefficient (Wildman–Crippen LogP) is 1.05. The van der Waals surface area contributed by atoms with E-state index < -0.39 is 5.97 Å². The highest BCUT2D eigenvalue weighted by Gasteiger charge is 1.97. The predicted molar refractivity (Wildman–Crippen MR) is 52.1 cm³/mol. The highest BCUT2D eigenvalue weighted by atomic mass is 16.4. The molecule has 0 atom stereocenters. The van der Waals surface area contributed by atoms with Crippen LogP contribution in [0.3, 0.4) is 0 Å². The van der Waals surface area contributed by atoms with Crippen LogP contribution in [-0.4, -0.2) is 17.2 Å². The second-order valence-corrected chi connectivity index (χ2v) is 3.36. The molecule has 13 heavy (non-hydrogen) atoms. The smallest absolute Gasteiger partial charge is 0.303 e. The van der Waals surface area contributed by atoms with Gasteiger partial charge in [0.15, 0.2) is 0 Å². The Morgan fingerprint density at radius 1 is 1.08 bits per heavy atom. The van der Waals surface area contributed by atoms with Crippen LogP contribution in [0, 0.1) is 0 Å². The van der Waals surface area contributed by atoms with E-state index in [1.165, 1.54) is 0 Å². The normalized spacial score (nSPS) is 10.7. The maximum Gasteiger partial charge on any atom is 0.303 e. The van der Waals surface area contributed by atoms with Gasteiger partial charge in [0.1, 0.15) is 0 Å². The Balaban J connectivity index is 2.96. The van der Waals surface area contributed by atoms with Gasteiger partial charge < -0.3 is 16.6 Å². The molecule has 0 saturated carbocycles. The van der Waals surface area contributed by atoms with Crippen molar-refractivity contribution in [1.29, 1.82) is 0 Å². The van der Waals surface area contributed by atoms with Crippen LogP contribution in [0.15, 0.2) is 0 Å². The molecule has 0 radical (unpaired) electrons. The summed E-state index contributed by atoms with van der Waals surface area (Å²) in [6, 6.07) is 0. The first kappa shape index (κ1) is 12.4. The van der Waals surface area contributed by atoms with Gasteiger partial charge in [-0.05, 0) is 12.8 Å². The number of unbranched alkanes of at least 4 members (excludes halogenated alkanes) is 4. The zero-order valence-electron chi connectivity index (χ0n) is 8.04. The van der Waals surface area contributed by atoms with E-state index >= 15 is 0 Å². The first-order chi connectivity index (χ1) is 6.13. The molecule has 5 N–H and O–H groups in total. The third-order valence-electron chi connectivity index (χ3n) is 1.93. The van der Waals surface area contributed by atoms with Crippen LogP contribution < -0.4 is 11.5 Å². The van der Waals surface area contributed by atoms with Crippen molar-refractivity contribution in [1.82, 2.24) is 0 Å². The average molecular weight is 188 g/mol. The number of carboxylic acid groups (broad SMARTS) is 1. The van der Waals surface area contributed by atoms with Crippen LogP contribution in [-0.2, 0) is 4.79 Å².